The Morgan fingerprint density at radius 2 is 2.32 bits per heavy atom. The second-order valence-electron chi connectivity index (χ2n) is 5.85. The number of aromatic nitrogens is 2. The van der Waals surface area contributed by atoms with Gasteiger partial charge in [-0.25, -0.2) is 4.98 Å². The van der Waals surface area contributed by atoms with Crippen LogP contribution >= 0.6 is 11.8 Å². The molecule has 0 saturated carbocycles. The lowest BCUT2D eigenvalue weighted by molar-refractivity contribution is 0.0788. The summed E-state index contributed by atoms with van der Waals surface area (Å²) >= 11 is 1.86. The van der Waals surface area contributed by atoms with Crippen molar-refractivity contribution in [2.75, 3.05) is 25.1 Å². The number of carbonyl (C=O) groups excluding carboxylic acids is 1. The highest BCUT2D eigenvalue weighted by molar-refractivity contribution is 7.98. The molecule has 1 aliphatic heterocycles. The third-order valence-corrected chi connectivity index (χ3v) is 4.95. The number of likely N-dealkylation sites (tertiary alicyclic amines) is 1. The number of hydrogen-bond donors (Lipinski definition) is 0. The van der Waals surface area contributed by atoms with E-state index in [4.69, 9.17) is 0 Å². The summed E-state index contributed by atoms with van der Waals surface area (Å²) in [5.74, 6) is 1.89. The molecule has 1 atom stereocenters. The van der Waals surface area contributed by atoms with E-state index in [0.717, 1.165) is 42.1 Å². The molecule has 0 bridgehead atoms. The van der Waals surface area contributed by atoms with E-state index in [2.05, 4.69) is 11.2 Å². The molecule has 5 heteroatoms. The van der Waals surface area contributed by atoms with Crippen LogP contribution in [0.25, 0.3) is 5.69 Å². The molecule has 1 aromatic carbocycles. The Hall–Kier alpha value is -1.75. The lowest BCUT2D eigenvalue weighted by Crippen LogP contribution is -2.30. The first-order chi connectivity index (χ1) is 10.7. The van der Waals surface area contributed by atoms with Crippen molar-refractivity contribution in [1.82, 2.24) is 14.5 Å². The molecule has 1 aromatic heterocycles. The Labute approximate surface area is 135 Å². The van der Waals surface area contributed by atoms with Crippen molar-refractivity contribution in [2.24, 2.45) is 5.92 Å². The van der Waals surface area contributed by atoms with Crippen LogP contribution in [0, 0.1) is 12.8 Å². The largest absolute Gasteiger partial charge is 0.338 e. The Morgan fingerprint density at radius 3 is 3.05 bits per heavy atom. The van der Waals surface area contributed by atoms with Crippen LogP contribution in [0.4, 0.5) is 0 Å². The first kappa shape index (κ1) is 15.2. The van der Waals surface area contributed by atoms with Crippen LogP contribution in [-0.4, -0.2) is 45.5 Å². The van der Waals surface area contributed by atoms with Gasteiger partial charge in [0.25, 0.3) is 5.91 Å². The van der Waals surface area contributed by atoms with Crippen LogP contribution in [0.1, 0.15) is 22.3 Å². The summed E-state index contributed by atoms with van der Waals surface area (Å²) < 4.78 is 1.90. The van der Waals surface area contributed by atoms with Crippen molar-refractivity contribution < 1.29 is 4.79 Å². The standard InChI is InChI=1S/C17H21N3OS/c1-13-3-4-16(20-8-6-18-12-20)15(9-13)17(21)19-7-5-14(10-19)11-22-2/h3-4,6,8-9,12,14H,5,7,10-11H2,1-2H3. The maximum Gasteiger partial charge on any atom is 0.256 e. The molecule has 2 heterocycles. The molecule has 0 N–H and O–H groups in total. The van der Waals surface area contributed by atoms with Crippen LogP contribution in [0.3, 0.4) is 0 Å². The zero-order valence-corrected chi connectivity index (χ0v) is 13.8. The number of rotatable bonds is 4. The first-order valence-electron chi connectivity index (χ1n) is 7.56. The lowest BCUT2D eigenvalue weighted by atomic mass is 10.1. The molecule has 1 saturated heterocycles. The van der Waals surface area contributed by atoms with E-state index in [0.29, 0.717) is 5.92 Å². The highest BCUT2D eigenvalue weighted by Crippen LogP contribution is 2.24. The quantitative estimate of drug-likeness (QED) is 0.870. The summed E-state index contributed by atoms with van der Waals surface area (Å²) in [4.78, 5) is 19.0. The topological polar surface area (TPSA) is 38.1 Å². The van der Waals surface area contributed by atoms with E-state index >= 15 is 0 Å². The fraction of sp³-hybridized carbons (Fsp3) is 0.412. The smallest absolute Gasteiger partial charge is 0.256 e. The van der Waals surface area contributed by atoms with Gasteiger partial charge >= 0.3 is 0 Å². The number of thioether (sulfide) groups is 1. The van der Waals surface area contributed by atoms with E-state index in [1.54, 1.807) is 12.5 Å². The molecule has 116 valence electrons. The molecule has 0 spiro atoms. The van der Waals surface area contributed by atoms with Gasteiger partial charge in [0.2, 0.25) is 0 Å². The number of carbonyl (C=O) groups is 1. The van der Waals surface area contributed by atoms with Gasteiger partial charge in [-0.15, -0.1) is 0 Å². The first-order valence-corrected chi connectivity index (χ1v) is 8.95. The summed E-state index contributed by atoms with van der Waals surface area (Å²) in [6.07, 6.45) is 8.59. The van der Waals surface area contributed by atoms with Crippen molar-refractivity contribution >= 4 is 17.7 Å². The zero-order valence-electron chi connectivity index (χ0n) is 13.0. The molecular formula is C17H21N3OS. The predicted molar refractivity (Wildman–Crippen MR) is 90.7 cm³/mol. The van der Waals surface area contributed by atoms with Crippen LogP contribution in [0.15, 0.2) is 36.9 Å². The molecule has 1 amide bonds. The minimum atomic E-state index is 0.135. The second-order valence-corrected chi connectivity index (χ2v) is 6.76. The minimum Gasteiger partial charge on any atom is -0.338 e. The third-order valence-electron chi connectivity index (χ3n) is 4.14. The molecule has 1 aliphatic rings. The summed E-state index contributed by atoms with van der Waals surface area (Å²) in [7, 11) is 0. The number of imidazole rings is 1. The average molecular weight is 315 g/mol. The van der Waals surface area contributed by atoms with E-state index in [1.165, 1.54) is 0 Å². The van der Waals surface area contributed by atoms with Crippen LogP contribution in [0.2, 0.25) is 0 Å². The average Bonchev–Trinajstić information content (AvgIpc) is 3.18. The number of nitrogens with zero attached hydrogens (tertiary/aromatic N) is 3. The van der Waals surface area contributed by atoms with Gasteiger partial charge in [-0.3, -0.25) is 4.79 Å². The molecule has 2 aromatic rings. The van der Waals surface area contributed by atoms with Crippen LogP contribution in [0.5, 0.6) is 0 Å². The van der Waals surface area contributed by atoms with Gasteiger partial charge in [0.15, 0.2) is 0 Å². The Morgan fingerprint density at radius 1 is 1.45 bits per heavy atom. The summed E-state index contributed by atoms with van der Waals surface area (Å²) in [6, 6.07) is 6.02. The Balaban J connectivity index is 1.88. The summed E-state index contributed by atoms with van der Waals surface area (Å²) in [5.41, 5.74) is 2.77. The van der Waals surface area contributed by atoms with Gasteiger partial charge in [-0.1, -0.05) is 11.6 Å². The monoisotopic (exact) mass is 315 g/mol. The molecular weight excluding hydrogens is 294 g/mol. The Bertz CT molecular complexity index is 654. The molecule has 22 heavy (non-hydrogen) atoms. The predicted octanol–water partition coefficient (Wildman–Crippen LogP) is 3.01. The lowest BCUT2D eigenvalue weighted by Gasteiger charge is -2.19. The van der Waals surface area contributed by atoms with Gasteiger partial charge in [-0.2, -0.15) is 11.8 Å². The van der Waals surface area contributed by atoms with Crippen molar-refractivity contribution in [2.45, 2.75) is 13.3 Å². The van der Waals surface area contributed by atoms with Gasteiger partial charge in [0.05, 0.1) is 17.6 Å². The van der Waals surface area contributed by atoms with Gasteiger partial charge in [0.1, 0.15) is 0 Å². The SMILES string of the molecule is CSCC1CCN(C(=O)c2cc(C)ccc2-n2ccnc2)C1. The fourth-order valence-electron chi connectivity index (χ4n) is 3.01. The molecule has 3 rings (SSSR count). The number of hydrogen-bond acceptors (Lipinski definition) is 3. The maximum atomic E-state index is 13.0. The van der Waals surface area contributed by atoms with Crippen LogP contribution < -0.4 is 0 Å². The number of benzene rings is 1. The van der Waals surface area contributed by atoms with Crippen molar-refractivity contribution in [3.63, 3.8) is 0 Å². The van der Waals surface area contributed by atoms with E-state index in [1.807, 2.05) is 52.5 Å². The van der Waals surface area contributed by atoms with E-state index in [-0.39, 0.29) is 5.91 Å². The molecule has 4 nitrogen and oxygen atoms in total. The van der Waals surface area contributed by atoms with E-state index in [9.17, 15) is 4.79 Å². The van der Waals surface area contributed by atoms with Gasteiger partial charge in [-0.05, 0) is 43.4 Å². The highest BCUT2D eigenvalue weighted by Gasteiger charge is 2.28. The van der Waals surface area contributed by atoms with E-state index < -0.39 is 0 Å². The van der Waals surface area contributed by atoms with Crippen molar-refractivity contribution in [3.8, 4) is 5.69 Å². The Kier molecular flexibility index (Phi) is 4.52. The minimum absolute atomic E-state index is 0.135. The third kappa shape index (κ3) is 3.04. The second kappa shape index (κ2) is 6.57. The number of amides is 1. The zero-order chi connectivity index (χ0) is 15.5. The van der Waals surface area contributed by atoms with Crippen molar-refractivity contribution in [1.29, 1.82) is 0 Å². The normalized spacial score (nSPS) is 17.9. The number of aryl methyl sites for hydroxylation is 1. The molecule has 1 unspecified atom stereocenters. The maximum absolute atomic E-state index is 13.0. The molecule has 0 radical (unpaired) electrons. The fourth-order valence-corrected chi connectivity index (χ4v) is 3.75. The van der Waals surface area contributed by atoms with Gasteiger partial charge in [0, 0.05) is 25.5 Å². The van der Waals surface area contributed by atoms with Crippen molar-refractivity contribution in [3.05, 3.63) is 48.0 Å². The van der Waals surface area contributed by atoms with Gasteiger partial charge < -0.3 is 9.47 Å². The summed E-state index contributed by atoms with van der Waals surface area (Å²) in [5, 5.41) is 0. The summed E-state index contributed by atoms with van der Waals surface area (Å²) in [6.45, 7) is 3.76. The highest BCUT2D eigenvalue weighted by atomic mass is 32.2. The molecule has 1 fully saturated rings. The molecule has 0 aliphatic carbocycles. The van der Waals surface area contributed by atoms with Crippen LogP contribution in [-0.2, 0) is 0 Å².